The van der Waals surface area contributed by atoms with Crippen molar-refractivity contribution in [2.24, 2.45) is 0 Å². The van der Waals surface area contributed by atoms with Crippen molar-refractivity contribution in [2.45, 2.75) is 12.8 Å². The van der Waals surface area contributed by atoms with Gasteiger partial charge in [-0.15, -0.1) is 18.3 Å². The molecule has 0 radical (unpaired) electrons. The number of ether oxygens (including phenoxy) is 1. The molecule has 0 bridgehead atoms. The topological polar surface area (TPSA) is 52.3 Å². The third kappa shape index (κ3) is 3.28. The van der Waals surface area contributed by atoms with Gasteiger partial charge in [0.05, 0.1) is 5.52 Å². The van der Waals surface area contributed by atoms with Crippen LogP contribution in [-0.4, -0.2) is 25.9 Å². The number of halogens is 4. The molecule has 0 saturated carbocycles. The first-order valence-corrected chi connectivity index (χ1v) is 7.52. The summed E-state index contributed by atoms with van der Waals surface area (Å²) in [6.07, 6.45) is -2.95. The van der Waals surface area contributed by atoms with Crippen LogP contribution in [-0.2, 0) is 6.42 Å². The highest BCUT2D eigenvalue weighted by Gasteiger charge is 2.30. The zero-order valence-corrected chi connectivity index (χ0v) is 13.0. The predicted molar refractivity (Wildman–Crippen MR) is 84.2 cm³/mol. The molecule has 0 aliphatic rings. The lowest BCUT2D eigenvalue weighted by Gasteiger charge is -2.08. The maximum Gasteiger partial charge on any atom is 0.573 e. The van der Waals surface area contributed by atoms with Crippen LogP contribution in [0.3, 0.4) is 0 Å². The lowest BCUT2D eigenvalue weighted by Crippen LogP contribution is -2.17. The summed E-state index contributed by atoms with van der Waals surface area (Å²) < 4.78 is 55.3. The highest BCUT2D eigenvalue weighted by atomic mass is 19.4. The highest BCUT2D eigenvalue weighted by molar-refractivity contribution is 5.90. The molecular weight excluding hydrogens is 352 g/mol. The Hall–Kier alpha value is -3.23. The molecule has 132 valence electrons. The normalized spacial score (nSPS) is 12.0. The maximum atomic E-state index is 13.5. The molecule has 2 heterocycles. The zero-order valence-electron chi connectivity index (χ0n) is 13.0. The number of rotatable bonds is 3. The molecule has 2 aromatic heterocycles. The van der Waals surface area contributed by atoms with Crippen LogP contribution in [0.25, 0.3) is 16.6 Å². The highest BCUT2D eigenvalue weighted by Crippen LogP contribution is 2.23. The van der Waals surface area contributed by atoms with Gasteiger partial charge in [-0.3, -0.25) is 0 Å². The number of nitrogens with zero attached hydrogens (tertiary/aromatic N) is 4. The van der Waals surface area contributed by atoms with Gasteiger partial charge in [-0.2, -0.15) is 0 Å². The Bertz CT molecular complexity index is 1090. The van der Waals surface area contributed by atoms with Gasteiger partial charge < -0.3 is 4.74 Å². The Morgan fingerprint density at radius 1 is 1.04 bits per heavy atom. The summed E-state index contributed by atoms with van der Waals surface area (Å²) in [7, 11) is 0. The summed E-state index contributed by atoms with van der Waals surface area (Å²) in [5.74, 6) is -0.264. The van der Waals surface area contributed by atoms with Crippen LogP contribution in [0.15, 0.2) is 48.8 Å². The van der Waals surface area contributed by atoms with E-state index in [1.807, 2.05) is 0 Å². The third-order valence-corrected chi connectivity index (χ3v) is 3.70. The minimum absolute atomic E-state index is 0.296. The van der Waals surface area contributed by atoms with E-state index in [-0.39, 0.29) is 5.75 Å². The number of benzene rings is 2. The molecule has 26 heavy (non-hydrogen) atoms. The molecule has 0 saturated heterocycles. The van der Waals surface area contributed by atoms with Crippen molar-refractivity contribution < 1.29 is 22.3 Å². The first-order chi connectivity index (χ1) is 12.4. The summed E-state index contributed by atoms with van der Waals surface area (Å²) in [5.41, 5.74) is 1.76. The van der Waals surface area contributed by atoms with Gasteiger partial charge in [-0.1, -0.05) is 12.1 Å². The van der Waals surface area contributed by atoms with Crippen LogP contribution >= 0.6 is 0 Å². The molecule has 0 unspecified atom stereocenters. The molecule has 5 nitrogen and oxygen atoms in total. The molecule has 0 spiro atoms. The molecule has 0 amide bonds. The van der Waals surface area contributed by atoms with Crippen LogP contribution < -0.4 is 4.74 Å². The molecule has 0 aliphatic heterocycles. The molecule has 0 N–H and O–H groups in total. The van der Waals surface area contributed by atoms with E-state index in [1.54, 1.807) is 6.07 Å². The monoisotopic (exact) mass is 362 g/mol. The van der Waals surface area contributed by atoms with E-state index in [9.17, 15) is 17.6 Å². The van der Waals surface area contributed by atoms with E-state index in [0.29, 0.717) is 34.4 Å². The molecule has 9 heteroatoms. The predicted octanol–water partition coefficient (Wildman–Crippen LogP) is 3.91. The number of alkyl halides is 3. The maximum absolute atomic E-state index is 13.5. The Labute approximate surface area is 143 Å². The number of fused-ring (bicyclic) bond motifs is 3. The van der Waals surface area contributed by atoms with Crippen LogP contribution in [0.1, 0.15) is 11.4 Å². The molecular formula is C17H10F4N4O. The van der Waals surface area contributed by atoms with Crippen molar-refractivity contribution in [1.29, 1.82) is 0 Å². The molecule has 2 aromatic carbocycles. The summed E-state index contributed by atoms with van der Waals surface area (Å²) >= 11 is 0. The Balaban J connectivity index is 1.63. The van der Waals surface area contributed by atoms with E-state index in [4.69, 9.17) is 0 Å². The summed E-state index contributed by atoms with van der Waals surface area (Å²) in [5, 5.41) is 4.81. The smallest absolute Gasteiger partial charge is 0.406 e. The van der Waals surface area contributed by atoms with E-state index >= 15 is 0 Å². The van der Waals surface area contributed by atoms with Gasteiger partial charge in [0, 0.05) is 11.8 Å². The lowest BCUT2D eigenvalue weighted by atomic mass is 10.1. The first kappa shape index (κ1) is 16.2. The molecule has 0 atom stereocenters. The van der Waals surface area contributed by atoms with Gasteiger partial charge in [0.1, 0.15) is 17.9 Å². The Morgan fingerprint density at radius 2 is 1.81 bits per heavy atom. The molecule has 0 fully saturated rings. The van der Waals surface area contributed by atoms with E-state index in [0.717, 1.165) is 0 Å². The van der Waals surface area contributed by atoms with E-state index in [1.165, 1.54) is 47.2 Å². The van der Waals surface area contributed by atoms with Gasteiger partial charge in [-0.25, -0.2) is 18.9 Å². The Kier molecular flexibility index (Phi) is 3.71. The van der Waals surface area contributed by atoms with Gasteiger partial charge in [0.2, 0.25) is 0 Å². The number of aromatic nitrogens is 4. The molecule has 4 rings (SSSR count). The summed E-state index contributed by atoms with van der Waals surface area (Å²) in [6, 6.07) is 9.66. The van der Waals surface area contributed by atoms with Crippen molar-refractivity contribution in [3.63, 3.8) is 0 Å². The Morgan fingerprint density at radius 3 is 2.54 bits per heavy atom. The van der Waals surface area contributed by atoms with E-state index < -0.39 is 12.2 Å². The van der Waals surface area contributed by atoms with Gasteiger partial charge >= 0.3 is 6.36 Å². The second kappa shape index (κ2) is 5.94. The minimum Gasteiger partial charge on any atom is -0.406 e. The standard InChI is InChI=1S/C17H10F4N4O/c18-11-3-6-14-13(8-11)16-23-15(24-25(16)9-22-14)7-10-1-4-12(5-2-10)26-17(19,20)21/h1-6,8-9H,7H2. The largest absolute Gasteiger partial charge is 0.573 e. The first-order valence-electron chi connectivity index (χ1n) is 7.52. The van der Waals surface area contributed by atoms with Gasteiger partial charge in [0.15, 0.2) is 11.5 Å². The summed E-state index contributed by atoms with van der Waals surface area (Å²) in [4.78, 5) is 8.58. The van der Waals surface area contributed by atoms with Gasteiger partial charge in [-0.05, 0) is 35.9 Å². The third-order valence-electron chi connectivity index (χ3n) is 3.70. The minimum atomic E-state index is -4.73. The van der Waals surface area contributed by atoms with Crippen molar-refractivity contribution in [1.82, 2.24) is 19.6 Å². The zero-order chi connectivity index (χ0) is 18.3. The fourth-order valence-electron chi connectivity index (χ4n) is 2.61. The SMILES string of the molecule is Fc1ccc2ncn3nc(Cc4ccc(OC(F)(F)F)cc4)nc3c2c1. The van der Waals surface area contributed by atoms with Gasteiger partial charge in [0.25, 0.3) is 0 Å². The van der Waals surface area contributed by atoms with Crippen LogP contribution in [0, 0.1) is 5.82 Å². The van der Waals surface area contributed by atoms with Crippen molar-refractivity contribution in [2.75, 3.05) is 0 Å². The fraction of sp³-hybridized carbons (Fsp3) is 0.118. The lowest BCUT2D eigenvalue weighted by molar-refractivity contribution is -0.274. The van der Waals surface area contributed by atoms with E-state index in [2.05, 4.69) is 19.8 Å². The molecule has 0 aliphatic carbocycles. The fourth-order valence-corrected chi connectivity index (χ4v) is 2.61. The average Bonchev–Trinajstić information content (AvgIpc) is 2.98. The van der Waals surface area contributed by atoms with Crippen LogP contribution in [0.5, 0.6) is 5.75 Å². The second-order valence-electron chi connectivity index (χ2n) is 5.57. The number of hydrogen-bond acceptors (Lipinski definition) is 4. The number of hydrogen-bond donors (Lipinski definition) is 0. The van der Waals surface area contributed by atoms with Crippen molar-refractivity contribution in [3.8, 4) is 5.75 Å². The summed E-state index contributed by atoms with van der Waals surface area (Å²) in [6.45, 7) is 0. The quantitative estimate of drug-likeness (QED) is 0.519. The average molecular weight is 362 g/mol. The molecule has 4 aromatic rings. The van der Waals surface area contributed by atoms with Crippen LogP contribution in [0.2, 0.25) is 0 Å². The van der Waals surface area contributed by atoms with Crippen molar-refractivity contribution >= 4 is 16.6 Å². The van der Waals surface area contributed by atoms with Crippen LogP contribution in [0.4, 0.5) is 17.6 Å². The van der Waals surface area contributed by atoms with Crippen molar-refractivity contribution in [3.05, 3.63) is 66.0 Å². The second-order valence-corrected chi connectivity index (χ2v) is 5.57.